The van der Waals surface area contributed by atoms with Gasteiger partial charge in [-0.1, -0.05) is 24.3 Å². The van der Waals surface area contributed by atoms with Crippen LogP contribution < -0.4 is 14.8 Å². The van der Waals surface area contributed by atoms with Crippen molar-refractivity contribution in [3.63, 3.8) is 0 Å². The van der Waals surface area contributed by atoms with Crippen LogP contribution in [-0.2, 0) is 14.3 Å². The maximum absolute atomic E-state index is 12.2. The summed E-state index contributed by atoms with van der Waals surface area (Å²) >= 11 is 0. The Balaban J connectivity index is 1.57. The summed E-state index contributed by atoms with van der Waals surface area (Å²) in [4.78, 5) is 28.6. The van der Waals surface area contributed by atoms with Gasteiger partial charge in [-0.25, -0.2) is 4.79 Å². The number of methoxy groups -OCH3 is 2. The molecule has 0 saturated carbocycles. The van der Waals surface area contributed by atoms with Gasteiger partial charge in [0.2, 0.25) is 0 Å². The summed E-state index contributed by atoms with van der Waals surface area (Å²) in [5.74, 6) is 0.231. The van der Waals surface area contributed by atoms with Gasteiger partial charge >= 0.3 is 5.97 Å². The molecule has 0 aliphatic rings. The van der Waals surface area contributed by atoms with Crippen molar-refractivity contribution in [3.05, 3.63) is 71.9 Å². The molecular formula is C24H24N2O5. The van der Waals surface area contributed by atoms with Gasteiger partial charge in [-0.15, -0.1) is 0 Å². The predicted octanol–water partition coefficient (Wildman–Crippen LogP) is 3.69. The van der Waals surface area contributed by atoms with Crippen LogP contribution in [-0.4, -0.2) is 37.7 Å². The molecule has 160 valence electrons. The molecule has 1 unspecified atom stereocenters. The zero-order valence-corrected chi connectivity index (χ0v) is 17.6. The smallest absolute Gasteiger partial charge is 0.331 e. The Kier molecular flexibility index (Phi) is 7.22. The summed E-state index contributed by atoms with van der Waals surface area (Å²) in [5, 5.41) is 3.76. The van der Waals surface area contributed by atoms with E-state index >= 15 is 0 Å². The average molecular weight is 420 g/mol. The first-order valence-electron chi connectivity index (χ1n) is 9.71. The van der Waals surface area contributed by atoms with Crippen LogP contribution in [0.5, 0.6) is 11.5 Å². The fourth-order valence-electron chi connectivity index (χ4n) is 3.14. The Bertz CT molecular complexity index is 1100. The standard InChI is InChI=1S/C24H24N2O5/c1-16(20-14-19(29-2)10-11-21(20)30-3)26-22(27)15-31-23(28)12-9-18-7-4-6-17-8-5-13-25-24(17)18/h4-14,16H,15H2,1-3H3,(H,26,27)/b12-9+. The van der Waals surface area contributed by atoms with Gasteiger partial charge in [-0.3, -0.25) is 9.78 Å². The molecule has 1 heterocycles. The van der Waals surface area contributed by atoms with E-state index in [-0.39, 0.29) is 6.04 Å². The molecule has 0 aliphatic heterocycles. The van der Waals surface area contributed by atoms with Gasteiger partial charge in [-0.2, -0.15) is 0 Å². The number of rotatable bonds is 8. The molecule has 0 saturated heterocycles. The van der Waals surface area contributed by atoms with Crippen molar-refractivity contribution < 1.29 is 23.8 Å². The van der Waals surface area contributed by atoms with Crippen LogP contribution in [0.3, 0.4) is 0 Å². The quantitative estimate of drug-likeness (QED) is 0.442. The van der Waals surface area contributed by atoms with Crippen molar-refractivity contribution in [3.8, 4) is 11.5 Å². The molecule has 1 atom stereocenters. The van der Waals surface area contributed by atoms with Gasteiger partial charge in [0.15, 0.2) is 6.61 Å². The van der Waals surface area contributed by atoms with Crippen LogP contribution in [0.15, 0.2) is 60.8 Å². The summed E-state index contributed by atoms with van der Waals surface area (Å²) < 4.78 is 15.6. The number of para-hydroxylation sites is 1. The summed E-state index contributed by atoms with van der Waals surface area (Å²) in [5.41, 5.74) is 2.33. The fourth-order valence-corrected chi connectivity index (χ4v) is 3.14. The molecule has 1 amide bonds. The fraction of sp³-hybridized carbons (Fsp3) is 0.208. The molecule has 7 nitrogen and oxygen atoms in total. The normalized spacial score (nSPS) is 11.8. The number of esters is 1. The van der Waals surface area contributed by atoms with Crippen molar-refractivity contribution in [2.75, 3.05) is 20.8 Å². The summed E-state index contributed by atoms with van der Waals surface area (Å²) in [6.07, 6.45) is 4.60. The van der Waals surface area contributed by atoms with Crippen molar-refractivity contribution in [1.82, 2.24) is 10.3 Å². The summed E-state index contributed by atoms with van der Waals surface area (Å²) in [6.45, 7) is 1.41. The van der Waals surface area contributed by atoms with E-state index in [2.05, 4.69) is 10.3 Å². The van der Waals surface area contributed by atoms with E-state index in [1.165, 1.54) is 6.08 Å². The van der Waals surface area contributed by atoms with Gasteiger partial charge in [-0.05, 0) is 37.3 Å². The number of aromatic nitrogens is 1. The Morgan fingerprint density at radius 2 is 1.90 bits per heavy atom. The van der Waals surface area contributed by atoms with Crippen molar-refractivity contribution in [2.45, 2.75) is 13.0 Å². The Morgan fingerprint density at radius 1 is 1.10 bits per heavy atom. The molecular weight excluding hydrogens is 396 g/mol. The van der Waals surface area contributed by atoms with Crippen LogP contribution >= 0.6 is 0 Å². The van der Waals surface area contributed by atoms with E-state index in [9.17, 15) is 9.59 Å². The molecule has 31 heavy (non-hydrogen) atoms. The van der Waals surface area contributed by atoms with Gasteiger partial charge in [0.1, 0.15) is 11.5 Å². The second-order valence-electron chi connectivity index (χ2n) is 6.76. The summed E-state index contributed by atoms with van der Waals surface area (Å²) in [6, 6.07) is 14.4. The SMILES string of the molecule is COc1ccc(OC)c(C(C)NC(=O)COC(=O)/C=C/c2cccc3cccnc23)c1. The molecule has 0 aliphatic carbocycles. The van der Waals surface area contributed by atoms with Crippen LogP contribution in [0.4, 0.5) is 0 Å². The molecule has 1 N–H and O–H groups in total. The number of nitrogens with one attached hydrogen (secondary N) is 1. The van der Waals surface area contributed by atoms with Crippen molar-refractivity contribution in [2.24, 2.45) is 0 Å². The first-order chi connectivity index (χ1) is 15.0. The first-order valence-corrected chi connectivity index (χ1v) is 9.71. The van der Waals surface area contributed by atoms with E-state index in [4.69, 9.17) is 14.2 Å². The molecule has 7 heteroatoms. The monoisotopic (exact) mass is 420 g/mol. The van der Waals surface area contributed by atoms with Gasteiger partial charge < -0.3 is 19.5 Å². The van der Waals surface area contributed by atoms with Crippen LogP contribution in [0.2, 0.25) is 0 Å². The number of benzene rings is 2. The lowest BCUT2D eigenvalue weighted by Crippen LogP contribution is -2.31. The lowest BCUT2D eigenvalue weighted by atomic mass is 10.1. The number of ether oxygens (including phenoxy) is 3. The second-order valence-corrected chi connectivity index (χ2v) is 6.76. The first kappa shape index (κ1) is 21.8. The van der Waals surface area contributed by atoms with Crippen LogP contribution in [0.25, 0.3) is 17.0 Å². The highest BCUT2D eigenvalue weighted by Crippen LogP contribution is 2.29. The number of hydrogen-bond acceptors (Lipinski definition) is 6. The minimum absolute atomic E-state index is 0.367. The molecule has 0 fully saturated rings. The highest BCUT2D eigenvalue weighted by molar-refractivity contribution is 5.93. The number of pyridine rings is 1. The molecule has 3 aromatic rings. The second kappa shape index (κ2) is 10.2. The lowest BCUT2D eigenvalue weighted by Gasteiger charge is -2.18. The van der Waals surface area contributed by atoms with Gasteiger partial charge in [0, 0.05) is 28.8 Å². The third kappa shape index (κ3) is 5.60. The van der Waals surface area contributed by atoms with E-state index in [0.29, 0.717) is 11.5 Å². The topological polar surface area (TPSA) is 86.8 Å². The molecule has 0 radical (unpaired) electrons. The Hall–Kier alpha value is -3.87. The largest absolute Gasteiger partial charge is 0.497 e. The molecule has 2 aromatic carbocycles. The zero-order valence-electron chi connectivity index (χ0n) is 17.6. The number of amides is 1. The van der Waals surface area contributed by atoms with E-state index in [1.807, 2.05) is 37.3 Å². The highest BCUT2D eigenvalue weighted by Gasteiger charge is 2.16. The minimum Gasteiger partial charge on any atom is -0.497 e. The molecule has 0 bridgehead atoms. The Labute approximate surface area is 180 Å². The van der Waals surface area contributed by atoms with Crippen molar-refractivity contribution >= 4 is 28.9 Å². The molecule has 0 spiro atoms. The molecule has 1 aromatic heterocycles. The zero-order chi connectivity index (χ0) is 22.2. The van der Waals surface area contributed by atoms with E-state index in [1.54, 1.807) is 44.7 Å². The third-order valence-electron chi connectivity index (χ3n) is 4.69. The maximum atomic E-state index is 12.2. The highest BCUT2D eigenvalue weighted by atomic mass is 16.5. The van der Waals surface area contributed by atoms with Crippen LogP contribution in [0, 0.1) is 0 Å². The summed E-state index contributed by atoms with van der Waals surface area (Å²) in [7, 11) is 3.12. The Morgan fingerprint density at radius 3 is 2.68 bits per heavy atom. The van der Waals surface area contributed by atoms with E-state index < -0.39 is 18.5 Å². The third-order valence-corrected chi connectivity index (χ3v) is 4.69. The lowest BCUT2D eigenvalue weighted by molar-refractivity contribution is -0.144. The maximum Gasteiger partial charge on any atom is 0.331 e. The number of fused-ring (bicyclic) bond motifs is 1. The van der Waals surface area contributed by atoms with Crippen LogP contribution in [0.1, 0.15) is 24.1 Å². The predicted molar refractivity (Wildman–Crippen MR) is 118 cm³/mol. The number of hydrogen-bond donors (Lipinski definition) is 1. The number of nitrogens with zero attached hydrogens (tertiary/aromatic N) is 1. The van der Waals surface area contributed by atoms with E-state index in [0.717, 1.165) is 22.0 Å². The molecule has 3 rings (SSSR count). The average Bonchev–Trinajstić information content (AvgIpc) is 2.80. The number of carbonyl (C=O) groups is 2. The van der Waals surface area contributed by atoms with Gasteiger partial charge in [0.05, 0.1) is 25.8 Å². The minimum atomic E-state index is -0.616. The van der Waals surface area contributed by atoms with Crippen molar-refractivity contribution in [1.29, 1.82) is 0 Å². The van der Waals surface area contributed by atoms with Gasteiger partial charge in [0.25, 0.3) is 5.91 Å². The number of carbonyl (C=O) groups excluding carboxylic acids is 2.